The number of fused-ring (bicyclic) bond motifs is 8. The Kier molecular flexibility index (Phi) is 7.80. The highest BCUT2D eigenvalue weighted by atomic mass is 15.1. The van der Waals surface area contributed by atoms with Gasteiger partial charge in [0, 0.05) is 22.5 Å². The van der Waals surface area contributed by atoms with E-state index in [0.29, 0.717) is 0 Å². The number of rotatable bonds is 5. The minimum atomic E-state index is -0.105. The zero-order valence-corrected chi connectivity index (χ0v) is 32.8. The zero-order chi connectivity index (χ0) is 38.2. The van der Waals surface area contributed by atoms with Crippen molar-refractivity contribution in [1.82, 2.24) is 0 Å². The normalized spacial score (nSPS) is 13.2. The van der Waals surface area contributed by atoms with Crippen molar-refractivity contribution < 1.29 is 0 Å². The molecule has 9 aromatic rings. The summed E-state index contributed by atoms with van der Waals surface area (Å²) in [6.45, 7) is 11.7. The smallest absolute Gasteiger partial charge is 0.0465 e. The Hall–Kier alpha value is -6.44. The summed E-state index contributed by atoms with van der Waals surface area (Å²) in [5, 5.41) is 7.69. The second-order valence-electron chi connectivity index (χ2n) is 17.0. The summed E-state index contributed by atoms with van der Waals surface area (Å²) in [5.74, 6) is 0. The highest BCUT2D eigenvalue weighted by Gasteiger charge is 2.36. The number of hydrogen-bond donors (Lipinski definition) is 0. The maximum Gasteiger partial charge on any atom is 0.0465 e. The standard InChI is InChI=1S/C55H45N/c1-54(2,3)52-33-40(28-31-43(52)36-15-7-6-8-16-36)56(41-29-32-48-47-21-13-14-22-51(47)55(4,5)53(48)34-41)39-26-23-38(24-27-39)49-35-50-42-18-10-9-17-37(42)25-30-46(50)44-19-11-12-20-45(44)49/h6-35H,1-5H3. The molecule has 10 rings (SSSR count). The van der Waals surface area contributed by atoms with Gasteiger partial charge in [0.25, 0.3) is 0 Å². The molecule has 270 valence electrons. The SMILES string of the molecule is CC(C)(C)c1cc(N(c2ccc(-c3cc4c5ccccc5ccc4c4ccccc34)cc2)c2ccc3c(c2)C(C)(C)c2ccccc2-3)ccc1-c1ccccc1. The molecular formula is C55H45N. The van der Waals surface area contributed by atoms with E-state index in [4.69, 9.17) is 0 Å². The van der Waals surface area contributed by atoms with E-state index >= 15 is 0 Å². The third-order valence-electron chi connectivity index (χ3n) is 12.2. The van der Waals surface area contributed by atoms with Gasteiger partial charge >= 0.3 is 0 Å². The van der Waals surface area contributed by atoms with Crippen LogP contribution in [0.5, 0.6) is 0 Å². The summed E-state index contributed by atoms with van der Waals surface area (Å²) in [7, 11) is 0. The first-order valence-electron chi connectivity index (χ1n) is 19.8. The van der Waals surface area contributed by atoms with E-state index in [9.17, 15) is 0 Å². The molecule has 0 saturated carbocycles. The molecule has 56 heavy (non-hydrogen) atoms. The molecule has 1 aliphatic rings. The lowest BCUT2D eigenvalue weighted by Crippen LogP contribution is -2.17. The first-order chi connectivity index (χ1) is 27.2. The Morgan fingerprint density at radius 1 is 0.375 bits per heavy atom. The molecule has 9 aromatic carbocycles. The number of hydrogen-bond acceptors (Lipinski definition) is 1. The van der Waals surface area contributed by atoms with Crippen LogP contribution in [0.25, 0.3) is 65.7 Å². The minimum Gasteiger partial charge on any atom is -0.310 e. The third-order valence-corrected chi connectivity index (χ3v) is 12.2. The van der Waals surface area contributed by atoms with Crippen LogP contribution in [-0.4, -0.2) is 0 Å². The van der Waals surface area contributed by atoms with Gasteiger partial charge in [0.2, 0.25) is 0 Å². The topological polar surface area (TPSA) is 3.24 Å². The fourth-order valence-electron chi connectivity index (χ4n) is 9.33. The van der Waals surface area contributed by atoms with Gasteiger partial charge in [-0.05, 0) is 130 Å². The van der Waals surface area contributed by atoms with E-state index in [-0.39, 0.29) is 10.8 Å². The average Bonchev–Trinajstić information content (AvgIpc) is 3.46. The summed E-state index contributed by atoms with van der Waals surface area (Å²) in [5.41, 5.74) is 15.0. The Morgan fingerprint density at radius 2 is 0.946 bits per heavy atom. The van der Waals surface area contributed by atoms with Gasteiger partial charge in [0.15, 0.2) is 0 Å². The van der Waals surface area contributed by atoms with Gasteiger partial charge < -0.3 is 4.90 Å². The first-order valence-corrected chi connectivity index (χ1v) is 19.8. The van der Waals surface area contributed by atoms with Gasteiger partial charge in [0.05, 0.1) is 0 Å². The Labute approximate surface area is 330 Å². The molecule has 0 bridgehead atoms. The third kappa shape index (κ3) is 5.45. The molecular weight excluding hydrogens is 675 g/mol. The molecule has 0 amide bonds. The maximum absolute atomic E-state index is 2.46. The fourth-order valence-corrected chi connectivity index (χ4v) is 9.33. The summed E-state index contributed by atoms with van der Waals surface area (Å²) in [6.07, 6.45) is 0. The van der Waals surface area contributed by atoms with Crippen LogP contribution in [0.4, 0.5) is 17.1 Å². The molecule has 0 aromatic heterocycles. The molecule has 0 aliphatic heterocycles. The highest BCUT2D eigenvalue weighted by molar-refractivity contribution is 6.21. The first kappa shape index (κ1) is 34.1. The summed E-state index contributed by atoms with van der Waals surface area (Å²) in [6, 6.07) is 67.7. The van der Waals surface area contributed by atoms with Crippen LogP contribution in [0.3, 0.4) is 0 Å². The van der Waals surface area contributed by atoms with Crippen LogP contribution >= 0.6 is 0 Å². The van der Waals surface area contributed by atoms with Crippen molar-refractivity contribution in [2.45, 2.75) is 45.4 Å². The van der Waals surface area contributed by atoms with Crippen LogP contribution in [0.15, 0.2) is 182 Å². The predicted molar refractivity (Wildman–Crippen MR) is 241 cm³/mol. The van der Waals surface area contributed by atoms with E-state index in [2.05, 4.69) is 222 Å². The van der Waals surface area contributed by atoms with Gasteiger partial charge in [-0.1, -0.05) is 174 Å². The number of nitrogens with zero attached hydrogens (tertiary/aromatic N) is 1. The van der Waals surface area contributed by atoms with Crippen molar-refractivity contribution in [3.05, 3.63) is 199 Å². The Morgan fingerprint density at radius 3 is 1.71 bits per heavy atom. The summed E-state index contributed by atoms with van der Waals surface area (Å²) in [4.78, 5) is 2.46. The Balaban J connectivity index is 1.16. The average molecular weight is 720 g/mol. The molecule has 0 heterocycles. The summed E-state index contributed by atoms with van der Waals surface area (Å²) >= 11 is 0. The highest BCUT2D eigenvalue weighted by Crippen LogP contribution is 2.51. The molecule has 1 nitrogen and oxygen atoms in total. The van der Waals surface area contributed by atoms with E-state index < -0.39 is 0 Å². The van der Waals surface area contributed by atoms with Gasteiger partial charge in [-0.25, -0.2) is 0 Å². The molecule has 0 fully saturated rings. The van der Waals surface area contributed by atoms with Crippen molar-refractivity contribution in [3.8, 4) is 33.4 Å². The number of anilines is 3. The lowest BCUT2D eigenvalue weighted by atomic mass is 9.81. The molecule has 0 unspecified atom stereocenters. The van der Waals surface area contributed by atoms with Crippen LogP contribution < -0.4 is 4.90 Å². The molecule has 0 spiro atoms. The van der Waals surface area contributed by atoms with Gasteiger partial charge in [-0.2, -0.15) is 0 Å². The van der Waals surface area contributed by atoms with E-state index in [1.165, 1.54) is 82.4 Å². The van der Waals surface area contributed by atoms with Gasteiger partial charge in [0.1, 0.15) is 0 Å². The molecule has 1 aliphatic carbocycles. The largest absolute Gasteiger partial charge is 0.310 e. The molecule has 0 radical (unpaired) electrons. The van der Waals surface area contributed by atoms with E-state index in [1.807, 2.05) is 0 Å². The second-order valence-corrected chi connectivity index (χ2v) is 17.0. The van der Waals surface area contributed by atoms with Gasteiger partial charge in [-0.3, -0.25) is 0 Å². The second kappa shape index (κ2) is 12.8. The lowest BCUT2D eigenvalue weighted by Gasteiger charge is -2.31. The van der Waals surface area contributed by atoms with Crippen LogP contribution in [0.2, 0.25) is 0 Å². The van der Waals surface area contributed by atoms with Crippen molar-refractivity contribution in [3.63, 3.8) is 0 Å². The lowest BCUT2D eigenvalue weighted by molar-refractivity contribution is 0.592. The van der Waals surface area contributed by atoms with Crippen molar-refractivity contribution >= 4 is 49.4 Å². The number of benzene rings is 9. The van der Waals surface area contributed by atoms with Crippen LogP contribution in [0.1, 0.15) is 51.3 Å². The summed E-state index contributed by atoms with van der Waals surface area (Å²) < 4.78 is 0. The molecule has 0 saturated heterocycles. The maximum atomic E-state index is 2.46. The minimum absolute atomic E-state index is 0.0698. The van der Waals surface area contributed by atoms with Crippen molar-refractivity contribution in [1.29, 1.82) is 0 Å². The van der Waals surface area contributed by atoms with E-state index in [0.717, 1.165) is 17.1 Å². The molecule has 0 atom stereocenters. The molecule has 0 N–H and O–H groups in total. The van der Waals surface area contributed by atoms with Crippen LogP contribution in [0, 0.1) is 0 Å². The van der Waals surface area contributed by atoms with Gasteiger partial charge in [-0.15, -0.1) is 0 Å². The predicted octanol–water partition coefficient (Wildman–Crippen LogP) is 15.6. The Bertz CT molecular complexity index is 2960. The monoisotopic (exact) mass is 719 g/mol. The quantitative estimate of drug-likeness (QED) is 0.160. The zero-order valence-electron chi connectivity index (χ0n) is 32.8. The van der Waals surface area contributed by atoms with Crippen molar-refractivity contribution in [2.24, 2.45) is 0 Å². The fraction of sp³-hybridized carbons (Fsp3) is 0.127. The van der Waals surface area contributed by atoms with Crippen molar-refractivity contribution in [2.75, 3.05) is 4.90 Å². The van der Waals surface area contributed by atoms with E-state index in [1.54, 1.807) is 0 Å². The van der Waals surface area contributed by atoms with Crippen LogP contribution in [-0.2, 0) is 10.8 Å². The molecule has 1 heteroatoms.